The van der Waals surface area contributed by atoms with E-state index >= 15 is 0 Å². The molecule has 0 aliphatic rings. The van der Waals surface area contributed by atoms with Crippen LogP contribution in [-0.2, 0) is 0 Å². The number of rotatable bonds is 7. The molecule has 4 N–H and O–H groups in total. The second-order valence-electron chi connectivity index (χ2n) is 4.46. The summed E-state index contributed by atoms with van der Waals surface area (Å²) in [4.78, 5) is 12.0. The van der Waals surface area contributed by atoms with E-state index in [1.165, 1.54) is 0 Å². The fourth-order valence-corrected chi connectivity index (χ4v) is 1.30. The van der Waals surface area contributed by atoms with Crippen LogP contribution in [0.1, 0.15) is 27.2 Å². The van der Waals surface area contributed by atoms with Crippen molar-refractivity contribution in [3.8, 4) is 6.01 Å². The SMILES string of the molecule is CC(CCO)CNc1nc(N)nc(OC(C)C)n1. The van der Waals surface area contributed by atoms with E-state index in [2.05, 4.69) is 20.3 Å². The molecule has 0 spiro atoms. The zero-order valence-corrected chi connectivity index (χ0v) is 11.1. The van der Waals surface area contributed by atoms with Crippen molar-refractivity contribution in [1.82, 2.24) is 15.0 Å². The minimum atomic E-state index is -0.0204. The maximum atomic E-state index is 8.81. The summed E-state index contributed by atoms with van der Waals surface area (Å²) in [6, 6.07) is 0.217. The van der Waals surface area contributed by atoms with Crippen molar-refractivity contribution in [3.63, 3.8) is 0 Å². The van der Waals surface area contributed by atoms with E-state index in [1.807, 2.05) is 20.8 Å². The normalized spacial score (nSPS) is 12.5. The maximum Gasteiger partial charge on any atom is 0.323 e. The first-order chi connectivity index (χ1) is 8.51. The Morgan fingerprint density at radius 3 is 2.61 bits per heavy atom. The molecule has 102 valence electrons. The van der Waals surface area contributed by atoms with Gasteiger partial charge in [0.05, 0.1) is 6.10 Å². The predicted octanol–water partition coefficient (Wildman–Crippen LogP) is 0.671. The first-order valence-corrected chi connectivity index (χ1v) is 6.04. The highest BCUT2D eigenvalue weighted by Crippen LogP contribution is 2.11. The number of ether oxygens (including phenoxy) is 1. The summed E-state index contributed by atoms with van der Waals surface area (Å²) in [6.07, 6.45) is 0.705. The van der Waals surface area contributed by atoms with Crippen LogP contribution in [0.3, 0.4) is 0 Å². The van der Waals surface area contributed by atoms with Gasteiger partial charge in [-0.15, -0.1) is 0 Å². The number of nitrogens with zero attached hydrogens (tertiary/aromatic N) is 3. The molecule has 0 fully saturated rings. The van der Waals surface area contributed by atoms with Gasteiger partial charge < -0.3 is 20.9 Å². The van der Waals surface area contributed by atoms with Crippen molar-refractivity contribution in [3.05, 3.63) is 0 Å². The lowest BCUT2D eigenvalue weighted by molar-refractivity contribution is 0.222. The maximum absolute atomic E-state index is 8.81. The molecule has 1 unspecified atom stereocenters. The molecule has 0 aliphatic heterocycles. The Morgan fingerprint density at radius 2 is 2.00 bits per heavy atom. The monoisotopic (exact) mass is 255 g/mol. The minimum absolute atomic E-state index is 0.0204. The predicted molar refractivity (Wildman–Crippen MR) is 69.4 cm³/mol. The van der Waals surface area contributed by atoms with Gasteiger partial charge >= 0.3 is 6.01 Å². The molecule has 7 heteroatoms. The molecular formula is C11H21N5O2. The van der Waals surface area contributed by atoms with Crippen LogP contribution < -0.4 is 15.8 Å². The number of hydrogen-bond acceptors (Lipinski definition) is 7. The van der Waals surface area contributed by atoms with Gasteiger partial charge in [0.15, 0.2) is 0 Å². The summed E-state index contributed by atoms with van der Waals surface area (Å²) in [6.45, 7) is 6.63. The number of aliphatic hydroxyl groups is 1. The molecule has 18 heavy (non-hydrogen) atoms. The number of aromatic nitrogens is 3. The summed E-state index contributed by atoms with van der Waals surface area (Å²) in [5.41, 5.74) is 5.58. The number of aliphatic hydroxyl groups excluding tert-OH is 1. The standard InChI is InChI=1S/C11H21N5O2/c1-7(2)18-11-15-9(12)14-10(16-11)13-6-8(3)4-5-17/h7-8,17H,4-6H2,1-3H3,(H3,12,13,14,15,16). The Kier molecular flexibility index (Phi) is 5.57. The number of nitrogens with two attached hydrogens (primary N) is 1. The van der Waals surface area contributed by atoms with Crippen LogP contribution in [0.15, 0.2) is 0 Å². The van der Waals surface area contributed by atoms with Crippen LogP contribution in [0, 0.1) is 5.92 Å². The van der Waals surface area contributed by atoms with Crippen LogP contribution in [-0.4, -0.2) is 39.3 Å². The summed E-state index contributed by atoms with van der Waals surface area (Å²) >= 11 is 0. The van der Waals surface area contributed by atoms with Crippen LogP contribution in [0.5, 0.6) is 6.01 Å². The van der Waals surface area contributed by atoms with Gasteiger partial charge in [-0.1, -0.05) is 6.92 Å². The zero-order chi connectivity index (χ0) is 13.5. The minimum Gasteiger partial charge on any atom is -0.461 e. The van der Waals surface area contributed by atoms with E-state index in [9.17, 15) is 0 Å². The third-order valence-electron chi connectivity index (χ3n) is 2.20. The first-order valence-electron chi connectivity index (χ1n) is 6.04. The second-order valence-corrected chi connectivity index (χ2v) is 4.46. The summed E-state index contributed by atoms with van der Waals surface area (Å²) in [7, 11) is 0. The molecule has 0 saturated carbocycles. The Labute approximate surface area is 107 Å². The van der Waals surface area contributed by atoms with Gasteiger partial charge in [-0.05, 0) is 26.2 Å². The van der Waals surface area contributed by atoms with Crippen LogP contribution in [0.25, 0.3) is 0 Å². The summed E-state index contributed by atoms with van der Waals surface area (Å²) in [5, 5.41) is 11.9. The third kappa shape index (κ3) is 5.13. The molecule has 1 aromatic heterocycles. The van der Waals surface area contributed by atoms with Gasteiger partial charge in [-0.2, -0.15) is 15.0 Å². The topological polar surface area (TPSA) is 106 Å². The van der Waals surface area contributed by atoms with Crippen LogP contribution in [0.4, 0.5) is 11.9 Å². The van der Waals surface area contributed by atoms with Gasteiger partial charge in [-0.3, -0.25) is 0 Å². The van der Waals surface area contributed by atoms with E-state index < -0.39 is 0 Å². The molecule has 1 atom stereocenters. The fourth-order valence-electron chi connectivity index (χ4n) is 1.30. The van der Waals surface area contributed by atoms with E-state index in [-0.39, 0.29) is 24.7 Å². The molecule has 0 aliphatic carbocycles. The van der Waals surface area contributed by atoms with E-state index in [4.69, 9.17) is 15.6 Å². The molecular weight excluding hydrogens is 234 g/mol. The molecule has 1 rings (SSSR count). The highest BCUT2D eigenvalue weighted by molar-refractivity contribution is 5.32. The Morgan fingerprint density at radius 1 is 1.28 bits per heavy atom. The fraction of sp³-hybridized carbons (Fsp3) is 0.727. The van der Waals surface area contributed by atoms with Gasteiger partial charge in [0, 0.05) is 13.2 Å². The number of nitrogen functional groups attached to an aromatic ring is 1. The van der Waals surface area contributed by atoms with Crippen LogP contribution in [0.2, 0.25) is 0 Å². The second kappa shape index (κ2) is 6.95. The van der Waals surface area contributed by atoms with Crippen molar-refractivity contribution >= 4 is 11.9 Å². The Balaban J connectivity index is 2.62. The quantitative estimate of drug-likeness (QED) is 0.657. The molecule has 0 amide bonds. The average Bonchev–Trinajstić information content (AvgIpc) is 2.25. The number of anilines is 2. The average molecular weight is 255 g/mol. The highest BCUT2D eigenvalue weighted by Gasteiger charge is 2.08. The van der Waals surface area contributed by atoms with E-state index in [1.54, 1.807) is 0 Å². The molecule has 1 aromatic rings. The van der Waals surface area contributed by atoms with Crippen molar-refractivity contribution in [2.45, 2.75) is 33.3 Å². The smallest absolute Gasteiger partial charge is 0.323 e. The van der Waals surface area contributed by atoms with E-state index in [0.717, 1.165) is 6.42 Å². The molecule has 1 heterocycles. The highest BCUT2D eigenvalue weighted by atomic mass is 16.5. The lowest BCUT2D eigenvalue weighted by Gasteiger charge is -2.12. The molecule has 0 aromatic carbocycles. The lowest BCUT2D eigenvalue weighted by atomic mass is 10.1. The number of nitrogens with one attached hydrogen (secondary N) is 1. The molecule has 7 nitrogen and oxygen atoms in total. The first kappa shape index (κ1) is 14.4. The van der Waals surface area contributed by atoms with Gasteiger partial charge in [0.25, 0.3) is 0 Å². The van der Waals surface area contributed by atoms with Gasteiger partial charge in [0.2, 0.25) is 11.9 Å². The third-order valence-corrected chi connectivity index (χ3v) is 2.20. The van der Waals surface area contributed by atoms with Crippen molar-refractivity contribution < 1.29 is 9.84 Å². The zero-order valence-electron chi connectivity index (χ0n) is 11.1. The largest absolute Gasteiger partial charge is 0.461 e. The van der Waals surface area contributed by atoms with Crippen LogP contribution >= 0.6 is 0 Å². The Bertz CT molecular complexity index is 372. The summed E-state index contributed by atoms with van der Waals surface area (Å²) in [5.74, 6) is 0.836. The van der Waals surface area contributed by atoms with Crippen molar-refractivity contribution in [2.75, 3.05) is 24.2 Å². The summed E-state index contributed by atoms with van der Waals surface area (Å²) < 4.78 is 5.37. The van der Waals surface area contributed by atoms with Crippen molar-refractivity contribution in [2.24, 2.45) is 5.92 Å². The molecule has 0 radical (unpaired) electrons. The lowest BCUT2D eigenvalue weighted by Crippen LogP contribution is -2.16. The number of hydrogen-bond donors (Lipinski definition) is 3. The van der Waals surface area contributed by atoms with E-state index in [0.29, 0.717) is 18.4 Å². The molecule has 0 bridgehead atoms. The Hall–Kier alpha value is -1.63. The van der Waals surface area contributed by atoms with Crippen molar-refractivity contribution in [1.29, 1.82) is 0 Å². The molecule has 0 saturated heterocycles. The van der Waals surface area contributed by atoms with Gasteiger partial charge in [0.1, 0.15) is 0 Å². The van der Waals surface area contributed by atoms with Gasteiger partial charge in [-0.25, -0.2) is 0 Å².